The molecule has 0 saturated heterocycles. The average molecular weight is 273 g/mol. The number of rotatable bonds is 2. The van der Waals surface area contributed by atoms with Crippen LogP contribution in [0.4, 0.5) is 0 Å². The van der Waals surface area contributed by atoms with Gasteiger partial charge in [0.1, 0.15) is 5.84 Å². The fourth-order valence-electron chi connectivity index (χ4n) is 1.75. The molecular weight excluding hydrogens is 256 g/mol. The van der Waals surface area contributed by atoms with Crippen LogP contribution in [0.15, 0.2) is 20.8 Å². The summed E-state index contributed by atoms with van der Waals surface area (Å²) in [4.78, 5) is 29.4. The molecule has 6 nitrogen and oxygen atoms in total. The van der Waals surface area contributed by atoms with Gasteiger partial charge in [0.25, 0.3) is 5.56 Å². The van der Waals surface area contributed by atoms with Crippen LogP contribution in [0.2, 0.25) is 0 Å². The predicted octanol–water partition coefficient (Wildman–Crippen LogP) is 0.0471. The Morgan fingerprint density at radius 2 is 2.11 bits per heavy atom. The number of aromatic nitrogens is 2. The van der Waals surface area contributed by atoms with E-state index in [0.29, 0.717) is 18.7 Å². The van der Waals surface area contributed by atoms with Crippen LogP contribution < -0.4 is 16.6 Å². The van der Waals surface area contributed by atoms with E-state index < -0.39 is 5.69 Å². The van der Waals surface area contributed by atoms with E-state index in [1.54, 1.807) is 13.1 Å². The first-order valence-electron chi connectivity index (χ1n) is 5.49. The quantitative estimate of drug-likeness (QED) is 0.798. The number of H-pyrrole nitrogens is 1. The molecule has 2 N–H and O–H groups in total. The molecule has 0 aliphatic carbocycles. The lowest BCUT2D eigenvalue weighted by Gasteiger charge is -2.18. The maximum atomic E-state index is 11.6. The minimum atomic E-state index is -0.408. The zero-order valence-corrected chi connectivity index (χ0v) is 11.4. The van der Waals surface area contributed by atoms with E-state index in [-0.39, 0.29) is 23.5 Å². The highest BCUT2D eigenvalue weighted by atomic mass is 35.5. The highest BCUT2D eigenvalue weighted by Gasteiger charge is 2.24. The number of aryl methyl sites for hydroxylation is 1. The monoisotopic (exact) mass is 272 g/mol. The number of hydrogen-bond donors (Lipinski definition) is 2. The van der Waals surface area contributed by atoms with Crippen LogP contribution in [-0.2, 0) is 6.54 Å². The Morgan fingerprint density at radius 1 is 1.44 bits per heavy atom. The van der Waals surface area contributed by atoms with Crippen molar-refractivity contribution in [2.45, 2.75) is 32.9 Å². The summed E-state index contributed by atoms with van der Waals surface area (Å²) in [5, 5.41) is 3.24. The molecule has 1 aliphatic rings. The van der Waals surface area contributed by atoms with Crippen LogP contribution in [-0.4, -0.2) is 27.5 Å². The zero-order chi connectivity index (χ0) is 12.6. The molecule has 100 valence electrons. The molecule has 0 saturated carbocycles. The summed E-state index contributed by atoms with van der Waals surface area (Å²) in [6, 6.07) is 0. The summed E-state index contributed by atoms with van der Waals surface area (Å²) in [5.41, 5.74) is -0.291. The fraction of sp³-hybridized carbons (Fsp3) is 0.545. The zero-order valence-electron chi connectivity index (χ0n) is 10.6. The molecule has 7 heteroatoms. The van der Waals surface area contributed by atoms with Crippen molar-refractivity contribution in [3.63, 3.8) is 0 Å². The van der Waals surface area contributed by atoms with Gasteiger partial charge in [0.2, 0.25) is 0 Å². The van der Waals surface area contributed by atoms with Crippen LogP contribution in [0.5, 0.6) is 0 Å². The second-order valence-electron chi connectivity index (χ2n) is 4.97. The van der Waals surface area contributed by atoms with Crippen molar-refractivity contribution in [1.82, 2.24) is 14.9 Å². The van der Waals surface area contributed by atoms with Crippen LogP contribution in [0, 0.1) is 6.92 Å². The largest absolute Gasteiger partial charge is 0.366 e. The van der Waals surface area contributed by atoms with Crippen LogP contribution in [0.25, 0.3) is 0 Å². The summed E-state index contributed by atoms with van der Waals surface area (Å²) in [7, 11) is 0. The van der Waals surface area contributed by atoms with Crippen molar-refractivity contribution in [2.75, 3.05) is 6.54 Å². The van der Waals surface area contributed by atoms with Gasteiger partial charge < -0.3 is 5.32 Å². The minimum Gasteiger partial charge on any atom is -0.366 e. The third kappa shape index (κ3) is 3.01. The number of hydrogen-bond acceptors (Lipinski definition) is 4. The van der Waals surface area contributed by atoms with Gasteiger partial charge in [0.15, 0.2) is 0 Å². The Bertz CT molecular complexity index is 585. The number of aliphatic imine (C=N–C) groups is 1. The lowest BCUT2D eigenvalue weighted by molar-refractivity contribution is 0.502. The lowest BCUT2D eigenvalue weighted by Crippen LogP contribution is -2.42. The Labute approximate surface area is 111 Å². The van der Waals surface area contributed by atoms with Gasteiger partial charge in [-0.1, -0.05) is 0 Å². The third-order valence-corrected chi connectivity index (χ3v) is 2.66. The first-order valence-corrected chi connectivity index (χ1v) is 5.49. The van der Waals surface area contributed by atoms with Crippen molar-refractivity contribution < 1.29 is 0 Å². The number of halogens is 1. The molecule has 1 aromatic heterocycles. The molecule has 2 rings (SSSR count). The van der Waals surface area contributed by atoms with Gasteiger partial charge in [-0.2, -0.15) is 0 Å². The lowest BCUT2D eigenvalue weighted by atomic mass is 10.1. The maximum absolute atomic E-state index is 11.6. The van der Waals surface area contributed by atoms with Crippen molar-refractivity contribution >= 4 is 18.2 Å². The molecule has 18 heavy (non-hydrogen) atoms. The number of amidine groups is 1. The molecule has 0 fully saturated rings. The molecule has 0 amide bonds. The van der Waals surface area contributed by atoms with Crippen molar-refractivity contribution in [3.05, 3.63) is 32.6 Å². The van der Waals surface area contributed by atoms with Crippen LogP contribution >= 0.6 is 12.4 Å². The van der Waals surface area contributed by atoms with E-state index in [9.17, 15) is 9.59 Å². The van der Waals surface area contributed by atoms with Crippen molar-refractivity contribution in [3.8, 4) is 0 Å². The highest BCUT2D eigenvalue weighted by Crippen LogP contribution is 2.09. The Kier molecular flexibility index (Phi) is 4.01. The topological polar surface area (TPSA) is 79.2 Å². The highest BCUT2D eigenvalue weighted by molar-refractivity contribution is 5.85. The second kappa shape index (κ2) is 4.97. The van der Waals surface area contributed by atoms with Gasteiger partial charge in [0, 0.05) is 11.8 Å². The molecule has 1 aliphatic heterocycles. The van der Waals surface area contributed by atoms with E-state index in [1.807, 2.05) is 13.8 Å². The van der Waals surface area contributed by atoms with E-state index in [2.05, 4.69) is 15.3 Å². The van der Waals surface area contributed by atoms with Gasteiger partial charge in [-0.3, -0.25) is 19.3 Å². The Hall–Kier alpha value is -1.56. The third-order valence-electron chi connectivity index (χ3n) is 2.66. The molecule has 1 aromatic rings. The van der Waals surface area contributed by atoms with E-state index in [4.69, 9.17) is 0 Å². The van der Waals surface area contributed by atoms with Gasteiger partial charge in [0.05, 0.1) is 18.6 Å². The number of nitrogens with one attached hydrogen (secondary N) is 2. The van der Waals surface area contributed by atoms with Crippen molar-refractivity contribution in [1.29, 1.82) is 0 Å². The number of aromatic amines is 1. The summed E-state index contributed by atoms with van der Waals surface area (Å²) < 4.78 is 1.45. The Balaban J connectivity index is 0.00000162. The van der Waals surface area contributed by atoms with Gasteiger partial charge in [-0.05, 0) is 20.8 Å². The van der Waals surface area contributed by atoms with Crippen LogP contribution in [0.3, 0.4) is 0 Å². The smallest absolute Gasteiger partial charge is 0.328 e. The second-order valence-corrected chi connectivity index (χ2v) is 4.97. The first kappa shape index (κ1) is 14.5. The summed E-state index contributed by atoms with van der Waals surface area (Å²) in [6.45, 7) is 6.82. The molecular formula is C11H17ClN4O2. The normalized spacial score (nSPS) is 16.7. The van der Waals surface area contributed by atoms with Gasteiger partial charge >= 0.3 is 5.69 Å². The SMILES string of the molecule is Cc1cn(CC2=NCC(C)(C)N2)c(=O)[nH]c1=O.Cl. The molecule has 0 aromatic carbocycles. The standard InChI is InChI=1S/C11H16N4O2.ClH/c1-7-4-15(10(17)13-9(7)16)5-8-12-6-11(2,3)14-8;/h4H,5-6H2,1-3H3,(H,12,14)(H,13,16,17);1H. The molecule has 2 heterocycles. The summed E-state index contributed by atoms with van der Waals surface area (Å²) in [5.74, 6) is 0.767. The van der Waals surface area contributed by atoms with Gasteiger partial charge in [-0.25, -0.2) is 4.79 Å². The molecule has 0 radical (unpaired) electrons. The molecule has 0 atom stereocenters. The molecule has 0 unspecified atom stereocenters. The predicted molar refractivity (Wildman–Crippen MR) is 72.8 cm³/mol. The molecule has 0 spiro atoms. The first-order chi connectivity index (χ1) is 7.87. The number of nitrogens with zero attached hydrogens (tertiary/aromatic N) is 2. The van der Waals surface area contributed by atoms with E-state index in [0.717, 1.165) is 5.84 Å². The van der Waals surface area contributed by atoms with Crippen LogP contribution in [0.1, 0.15) is 19.4 Å². The summed E-state index contributed by atoms with van der Waals surface area (Å²) >= 11 is 0. The minimum absolute atomic E-state index is 0. The van der Waals surface area contributed by atoms with Crippen molar-refractivity contribution in [2.24, 2.45) is 4.99 Å². The van der Waals surface area contributed by atoms with Gasteiger partial charge in [-0.15, -0.1) is 12.4 Å². The maximum Gasteiger partial charge on any atom is 0.328 e. The van der Waals surface area contributed by atoms with E-state index >= 15 is 0 Å². The fourth-order valence-corrected chi connectivity index (χ4v) is 1.75. The average Bonchev–Trinajstić information content (AvgIpc) is 2.54. The molecule has 0 bridgehead atoms. The Morgan fingerprint density at radius 3 is 2.67 bits per heavy atom. The summed E-state index contributed by atoms with van der Waals surface area (Å²) in [6.07, 6.45) is 1.55. The van der Waals surface area contributed by atoms with E-state index in [1.165, 1.54) is 4.57 Å².